The van der Waals surface area contributed by atoms with E-state index in [1.54, 1.807) is 6.07 Å². The zero-order valence-corrected chi connectivity index (χ0v) is 12.5. The first-order chi connectivity index (χ1) is 10.7. The van der Waals surface area contributed by atoms with E-state index in [-0.39, 0.29) is 0 Å². The van der Waals surface area contributed by atoms with Crippen LogP contribution < -0.4 is 5.32 Å². The molecule has 3 aromatic rings. The SMILES string of the molecule is COC(=O)c1cc2ccccc2nc1Nc1ccc(C)cc1. The Labute approximate surface area is 128 Å². The highest BCUT2D eigenvalue weighted by Gasteiger charge is 2.15. The minimum absolute atomic E-state index is 0.409. The fourth-order valence-corrected chi connectivity index (χ4v) is 2.25. The number of carbonyl (C=O) groups is 1. The highest BCUT2D eigenvalue weighted by atomic mass is 16.5. The third kappa shape index (κ3) is 2.76. The van der Waals surface area contributed by atoms with Crippen LogP contribution in [0.4, 0.5) is 11.5 Å². The third-order valence-electron chi connectivity index (χ3n) is 3.44. The first-order valence-electron chi connectivity index (χ1n) is 6.99. The lowest BCUT2D eigenvalue weighted by molar-refractivity contribution is 0.0601. The average molecular weight is 292 g/mol. The van der Waals surface area contributed by atoms with Gasteiger partial charge in [-0.3, -0.25) is 0 Å². The van der Waals surface area contributed by atoms with Crippen LogP contribution in [0.15, 0.2) is 54.6 Å². The molecule has 0 atom stereocenters. The number of carbonyl (C=O) groups excluding carboxylic acids is 1. The molecule has 0 bridgehead atoms. The van der Waals surface area contributed by atoms with Crippen LogP contribution >= 0.6 is 0 Å². The molecule has 0 aliphatic heterocycles. The molecule has 22 heavy (non-hydrogen) atoms. The van der Waals surface area contributed by atoms with Crippen molar-refractivity contribution in [2.75, 3.05) is 12.4 Å². The summed E-state index contributed by atoms with van der Waals surface area (Å²) >= 11 is 0. The number of aryl methyl sites for hydroxylation is 1. The van der Waals surface area contributed by atoms with E-state index in [2.05, 4.69) is 10.3 Å². The number of aromatic nitrogens is 1. The van der Waals surface area contributed by atoms with Crippen molar-refractivity contribution in [2.45, 2.75) is 6.92 Å². The van der Waals surface area contributed by atoms with Gasteiger partial charge >= 0.3 is 5.97 Å². The van der Waals surface area contributed by atoms with E-state index in [0.717, 1.165) is 16.6 Å². The van der Waals surface area contributed by atoms with Crippen molar-refractivity contribution in [1.29, 1.82) is 0 Å². The number of nitrogens with one attached hydrogen (secondary N) is 1. The molecule has 0 radical (unpaired) electrons. The van der Waals surface area contributed by atoms with Crippen LogP contribution in [0.1, 0.15) is 15.9 Å². The van der Waals surface area contributed by atoms with Crippen LogP contribution in [0, 0.1) is 6.92 Å². The summed E-state index contributed by atoms with van der Waals surface area (Å²) in [5.41, 5.74) is 3.29. The summed E-state index contributed by atoms with van der Waals surface area (Å²) in [6.45, 7) is 2.03. The van der Waals surface area contributed by atoms with Gasteiger partial charge in [-0.15, -0.1) is 0 Å². The van der Waals surface area contributed by atoms with Gasteiger partial charge in [-0.1, -0.05) is 35.9 Å². The van der Waals surface area contributed by atoms with Crippen LogP contribution in [0.2, 0.25) is 0 Å². The van der Waals surface area contributed by atoms with Gasteiger partial charge in [0, 0.05) is 11.1 Å². The van der Waals surface area contributed by atoms with E-state index in [9.17, 15) is 4.79 Å². The molecule has 0 saturated heterocycles. The quantitative estimate of drug-likeness (QED) is 0.739. The van der Waals surface area contributed by atoms with Crippen LogP contribution in [0.5, 0.6) is 0 Å². The molecule has 0 saturated carbocycles. The van der Waals surface area contributed by atoms with Crippen LogP contribution in [-0.2, 0) is 4.74 Å². The molecule has 1 N–H and O–H groups in total. The van der Waals surface area contributed by atoms with Gasteiger partial charge in [-0.25, -0.2) is 9.78 Å². The Morgan fingerprint density at radius 3 is 2.55 bits per heavy atom. The van der Waals surface area contributed by atoms with Gasteiger partial charge in [-0.05, 0) is 31.2 Å². The molecule has 4 heteroatoms. The predicted octanol–water partition coefficient (Wildman–Crippen LogP) is 4.07. The number of esters is 1. The number of ether oxygens (including phenoxy) is 1. The number of benzene rings is 2. The van der Waals surface area contributed by atoms with E-state index >= 15 is 0 Å². The first-order valence-corrected chi connectivity index (χ1v) is 6.99. The summed E-state index contributed by atoms with van der Waals surface area (Å²) < 4.78 is 4.86. The summed E-state index contributed by atoms with van der Waals surface area (Å²) in [5.74, 6) is 0.0854. The Balaban J connectivity index is 2.09. The maximum atomic E-state index is 12.0. The number of para-hydroxylation sites is 1. The molecule has 0 aliphatic carbocycles. The molecule has 1 heterocycles. The fraction of sp³-hybridized carbons (Fsp3) is 0.111. The minimum atomic E-state index is -0.409. The second-order valence-electron chi connectivity index (χ2n) is 5.06. The summed E-state index contributed by atoms with van der Waals surface area (Å²) in [6, 6.07) is 17.4. The summed E-state index contributed by atoms with van der Waals surface area (Å²) in [7, 11) is 1.37. The van der Waals surface area contributed by atoms with E-state index in [1.807, 2.05) is 55.5 Å². The van der Waals surface area contributed by atoms with Crippen molar-refractivity contribution in [2.24, 2.45) is 0 Å². The number of nitrogens with zero attached hydrogens (tertiary/aromatic N) is 1. The number of methoxy groups -OCH3 is 1. The van der Waals surface area contributed by atoms with Crippen LogP contribution in [0.3, 0.4) is 0 Å². The maximum absolute atomic E-state index is 12.0. The average Bonchev–Trinajstić information content (AvgIpc) is 2.55. The Kier molecular flexibility index (Phi) is 3.74. The number of rotatable bonds is 3. The molecule has 0 fully saturated rings. The second-order valence-corrected chi connectivity index (χ2v) is 5.06. The molecule has 110 valence electrons. The molecule has 3 rings (SSSR count). The smallest absolute Gasteiger partial charge is 0.341 e. The number of hydrogen-bond acceptors (Lipinski definition) is 4. The highest BCUT2D eigenvalue weighted by molar-refractivity contribution is 5.99. The zero-order chi connectivity index (χ0) is 15.5. The summed E-state index contributed by atoms with van der Waals surface area (Å²) in [4.78, 5) is 16.6. The van der Waals surface area contributed by atoms with Gasteiger partial charge in [0.2, 0.25) is 0 Å². The number of fused-ring (bicyclic) bond motifs is 1. The molecule has 0 amide bonds. The third-order valence-corrected chi connectivity index (χ3v) is 3.44. The van der Waals surface area contributed by atoms with Crippen LogP contribution in [-0.4, -0.2) is 18.1 Å². The molecule has 0 unspecified atom stereocenters. The standard InChI is InChI=1S/C18H16N2O2/c1-12-7-9-14(10-8-12)19-17-15(18(21)22-2)11-13-5-3-4-6-16(13)20-17/h3-11H,1-2H3,(H,19,20). The van der Waals surface area contributed by atoms with E-state index in [4.69, 9.17) is 4.74 Å². The van der Waals surface area contributed by atoms with E-state index in [0.29, 0.717) is 11.4 Å². The van der Waals surface area contributed by atoms with Gasteiger partial charge in [0.15, 0.2) is 0 Å². The lowest BCUT2D eigenvalue weighted by atomic mass is 10.1. The normalized spacial score (nSPS) is 10.5. The van der Waals surface area contributed by atoms with Crippen molar-refractivity contribution in [3.8, 4) is 0 Å². The summed E-state index contributed by atoms with van der Waals surface area (Å²) in [6.07, 6.45) is 0. The lowest BCUT2D eigenvalue weighted by Gasteiger charge is -2.11. The van der Waals surface area contributed by atoms with E-state index < -0.39 is 5.97 Å². The van der Waals surface area contributed by atoms with Crippen LogP contribution in [0.25, 0.3) is 10.9 Å². The molecule has 0 spiro atoms. The Bertz CT molecular complexity index is 826. The second kappa shape index (κ2) is 5.85. The van der Waals surface area contributed by atoms with Gasteiger partial charge in [0.05, 0.1) is 12.6 Å². The number of pyridine rings is 1. The fourth-order valence-electron chi connectivity index (χ4n) is 2.25. The Morgan fingerprint density at radius 1 is 1.09 bits per heavy atom. The molecular formula is C18H16N2O2. The van der Waals surface area contributed by atoms with E-state index in [1.165, 1.54) is 12.7 Å². The topological polar surface area (TPSA) is 51.2 Å². The largest absolute Gasteiger partial charge is 0.465 e. The van der Waals surface area contributed by atoms with Gasteiger partial charge in [-0.2, -0.15) is 0 Å². The van der Waals surface area contributed by atoms with Crippen molar-refractivity contribution in [3.05, 3.63) is 65.7 Å². The monoisotopic (exact) mass is 292 g/mol. The van der Waals surface area contributed by atoms with Gasteiger partial charge in [0.1, 0.15) is 11.4 Å². The minimum Gasteiger partial charge on any atom is -0.465 e. The van der Waals surface area contributed by atoms with Crippen molar-refractivity contribution >= 4 is 28.4 Å². The van der Waals surface area contributed by atoms with Crippen molar-refractivity contribution in [1.82, 2.24) is 4.98 Å². The summed E-state index contributed by atoms with van der Waals surface area (Å²) in [5, 5.41) is 4.10. The number of hydrogen-bond donors (Lipinski definition) is 1. The van der Waals surface area contributed by atoms with Crippen molar-refractivity contribution < 1.29 is 9.53 Å². The lowest BCUT2D eigenvalue weighted by Crippen LogP contribution is -2.07. The Hall–Kier alpha value is -2.88. The maximum Gasteiger partial charge on any atom is 0.341 e. The molecule has 2 aromatic carbocycles. The molecule has 4 nitrogen and oxygen atoms in total. The molecule has 1 aromatic heterocycles. The molecular weight excluding hydrogens is 276 g/mol. The van der Waals surface area contributed by atoms with Gasteiger partial charge in [0.25, 0.3) is 0 Å². The van der Waals surface area contributed by atoms with Gasteiger partial charge < -0.3 is 10.1 Å². The zero-order valence-electron chi connectivity index (χ0n) is 12.5. The number of anilines is 2. The first kappa shape index (κ1) is 14.1. The molecule has 0 aliphatic rings. The highest BCUT2D eigenvalue weighted by Crippen LogP contribution is 2.24. The Morgan fingerprint density at radius 2 is 1.82 bits per heavy atom. The van der Waals surface area contributed by atoms with Crippen molar-refractivity contribution in [3.63, 3.8) is 0 Å². The predicted molar refractivity (Wildman–Crippen MR) is 87.5 cm³/mol.